The predicted octanol–water partition coefficient (Wildman–Crippen LogP) is 1.09. The number of thiophene rings is 1. The zero-order valence-corrected chi connectivity index (χ0v) is 13.6. The van der Waals surface area contributed by atoms with E-state index in [-0.39, 0.29) is 23.8 Å². The number of carbonyl (C=O) groups excluding carboxylic acids is 1. The molecule has 2 aliphatic rings. The Labute approximate surface area is 135 Å². The van der Waals surface area contributed by atoms with Crippen molar-refractivity contribution in [3.63, 3.8) is 0 Å². The first-order chi connectivity index (χ1) is 10.7. The zero-order chi connectivity index (χ0) is 15.4. The molecular weight excluding hydrogens is 300 g/mol. The van der Waals surface area contributed by atoms with Gasteiger partial charge >= 0.3 is 0 Å². The molecule has 6 heteroatoms. The highest BCUT2D eigenvalue weighted by molar-refractivity contribution is 7.09. The van der Waals surface area contributed by atoms with Gasteiger partial charge in [0.05, 0.1) is 19.1 Å². The molecule has 2 fully saturated rings. The van der Waals surface area contributed by atoms with Gasteiger partial charge in [-0.05, 0) is 24.3 Å². The van der Waals surface area contributed by atoms with E-state index in [1.165, 1.54) is 4.88 Å². The van der Waals surface area contributed by atoms with Gasteiger partial charge in [0.2, 0.25) is 5.91 Å². The third-order valence-electron chi connectivity index (χ3n) is 4.96. The van der Waals surface area contributed by atoms with E-state index in [1.54, 1.807) is 11.3 Å². The molecule has 0 radical (unpaired) electrons. The van der Waals surface area contributed by atoms with Crippen LogP contribution in [-0.4, -0.2) is 55.4 Å². The molecule has 0 saturated carbocycles. The Kier molecular flexibility index (Phi) is 5.13. The van der Waals surface area contributed by atoms with Crippen LogP contribution in [0.1, 0.15) is 17.7 Å². The molecule has 1 aromatic heterocycles. The van der Waals surface area contributed by atoms with Crippen molar-refractivity contribution in [2.45, 2.75) is 19.4 Å². The number of β-amino-alcohol motifs (C(OH)–C–C–N with tert-alkyl or cyclic N) is 1. The van der Waals surface area contributed by atoms with Crippen molar-refractivity contribution in [1.29, 1.82) is 0 Å². The number of hydrogen-bond acceptors (Lipinski definition) is 5. The topological polar surface area (TPSA) is 61.8 Å². The van der Waals surface area contributed by atoms with Crippen LogP contribution in [0, 0.1) is 11.3 Å². The number of carbonyl (C=O) groups is 1. The average molecular weight is 324 g/mol. The highest BCUT2D eigenvalue weighted by atomic mass is 32.1. The van der Waals surface area contributed by atoms with Gasteiger partial charge in [0.1, 0.15) is 0 Å². The summed E-state index contributed by atoms with van der Waals surface area (Å²) in [6.45, 7) is 4.53. The van der Waals surface area contributed by atoms with Gasteiger partial charge < -0.3 is 15.2 Å². The number of rotatable bonds is 5. The number of aliphatic hydroxyl groups excluding tert-OH is 1. The van der Waals surface area contributed by atoms with Crippen molar-refractivity contribution in [3.8, 4) is 0 Å². The van der Waals surface area contributed by atoms with E-state index in [0.29, 0.717) is 13.1 Å². The summed E-state index contributed by atoms with van der Waals surface area (Å²) in [5.41, 5.74) is 0.0208. The van der Waals surface area contributed by atoms with E-state index >= 15 is 0 Å². The zero-order valence-electron chi connectivity index (χ0n) is 12.8. The molecule has 2 saturated heterocycles. The number of aliphatic hydroxyl groups is 1. The largest absolute Gasteiger partial charge is 0.395 e. The molecule has 1 atom stereocenters. The molecule has 0 aromatic carbocycles. The molecule has 3 heterocycles. The maximum atomic E-state index is 12.7. The van der Waals surface area contributed by atoms with Gasteiger partial charge in [-0.1, -0.05) is 6.07 Å². The number of hydrogen-bond donors (Lipinski definition) is 2. The molecule has 1 amide bonds. The summed E-state index contributed by atoms with van der Waals surface area (Å²) in [6, 6.07) is 4.05. The lowest BCUT2D eigenvalue weighted by Crippen LogP contribution is -2.44. The second kappa shape index (κ2) is 7.08. The molecule has 0 bridgehead atoms. The summed E-state index contributed by atoms with van der Waals surface area (Å²) in [7, 11) is 0. The highest BCUT2D eigenvalue weighted by Gasteiger charge is 2.50. The number of amides is 1. The second-order valence-corrected chi connectivity index (χ2v) is 7.32. The van der Waals surface area contributed by atoms with Crippen LogP contribution in [0.2, 0.25) is 0 Å². The molecule has 0 aliphatic carbocycles. The summed E-state index contributed by atoms with van der Waals surface area (Å²) in [4.78, 5) is 16.1. The maximum Gasteiger partial charge on any atom is 0.225 e. The normalized spacial score (nSPS) is 24.7. The summed E-state index contributed by atoms with van der Waals surface area (Å²) >= 11 is 1.67. The molecule has 2 N–H and O–H groups in total. The Morgan fingerprint density at radius 2 is 2.32 bits per heavy atom. The highest BCUT2D eigenvalue weighted by Crippen LogP contribution is 2.44. The molecule has 2 aliphatic heterocycles. The Morgan fingerprint density at radius 3 is 3.00 bits per heavy atom. The van der Waals surface area contributed by atoms with Crippen molar-refractivity contribution in [2.24, 2.45) is 11.3 Å². The summed E-state index contributed by atoms with van der Waals surface area (Å²) < 4.78 is 5.50. The third-order valence-corrected chi connectivity index (χ3v) is 5.83. The SMILES string of the molecule is O=C(NCc1cccs1)[C@@H]1CN(CCO)CC12CCOCC2. The standard InChI is InChI=1S/C16H24N2O3S/c19-6-5-18-11-14(16(12-18)3-7-21-8-4-16)15(20)17-10-13-2-1-9-22-13/h1-2,9,14,19H,3-8,10-12H2,(H,17,20)/t14-/m0/s1. The van der Waals surface area contributed by atoms with E-state index in [9.17, 15) is 9.90 Å². The first-order valence-corrected chi connectivity index (χ1v) is 8.82. The summed E-state index contributed by atoms with van der Waals surface area (Å²) in [5, 5.41) is 14.3. The molecule has 122 valence electrons. The minimum Gasteiger partial charge on any atom is -0.395 e. The lowest BCUT2D eigenvalue weighted by Gasteiger charge is -2.37. The van der Waals surface area contributed by atoms with Crippen LogP contribution in [0.25, 0.3) is 0 Å². The van der Waals surface area contributed by atoms with Crippen molar-refractivity contribution in [1.82, 2.24) is 10.2 Å². The first-order valence-electron chi connectivity index (χ1n) is 7.94. The molecule has 3 rings (SSSR count). The van der Waals surface area contributed by atoms with Gasteiger partial charge in [-0.3, -0.25) is 9.69 Å². The van der Waals surface area contributed by atoms with Crippen LogP contribution >= 0.6 is 11.3 Å². The van der Waals surface area contributed by atoms with Gasteiger partial charge in [-0.25, -0.2) is 0 Å². The fourth-order valence-corrected chi connectivity index (χ4v) is 4.38. The fourth-order valence-electron chi connectivity index (χ4n) is 3.74. The monoisotopic (exact) mass is 324 g/mol. The molecule has 5 nitrogen and oxygen atoms in total. The molecule has 1 spiro atoms. The smallest absolute Gasteiger partial charge is 0.225 e. The Bertz CT molecular complexity index is 486. The predicted molar refractivity (Wildman–Crippen MR) is 85.7 cm³/mol. The van der Waals surface area contributed by atoms with Crippen LogP contribution in [0.3, 0.4) is 0 Å². The van der Waals surface area contributed by atoms with E-state index < -0.39 is 0 Å². The third kappa shape index (κ3) is 3.35. The second-order valence-electron chi connectivity index (χ2n) is 6.28. The lowest BCUT2D eigenvalue weighted by molar-refractivity contribution is -0.130. The van der Waals surface area contributed by atoms with E-state index in [4.69, 9.17) is 4.74 Å². The molecule has 22 heavy (non-hydrogen) atoms. The van der Waals surface area contributed by atoms with Crippen LogP contribution in [0.5, 0.6) is 0 Å². The van der Waals surface area contributed by atoms with Crippen LogP contribution < -0.4 is 5.32 Å². The summed E-state index contributed by atoms with van der Waals surface area (Å²) in [5.74, 6) is 0.152. The molecular formula is C16H24N2O3S. The number of nitrogens with zero attached hydrogens (tertiary/aromatic N) is 1. The number of nitrogens with one attached hydrogen (secondary N) is 1. The minimum absolute atomic E-state index is 0.00270. The van der Waals surface area contributed by atoms with Crippen LogP contribution in [-0.2, 0) is 16.1 Å². The number of likely N-dealkylation sites (tertiary alicyclic amines) is 1. The van der Waals surface area contributed by atoms with Crippen molar-refractivity contribution < 1.29 is 14.6 Å². The summed E-state index contributed by atoms with van der Waals surface area (Å²) in [6.07, 6.45) is 1.87. The average Bonchev–Trinajstić information content (AvgIpc) is 3.15. The Morgan fingerprint density at radius 1 is 1.50 bits per heavy atom. The van der Waals surface area contributed by atoms with Gasteiger partial charge in [0.25, 0.3) is 0 Å². The quantitative estimate of drug-likeness (QED) is 0.851. The molecule has 1 aromatic rings. The van der Waals surface area contributed by atoms with Crippen molar-refractivity contribution in [2.75, 3.05) is 39.5 Å². The first kappa shape index (κ1) is 15.9. The fraction of sp³-hybridized carbons (Fsp3) is 0.688. The van der Waals surface area contributed by atoms with E-state index in [1.807, 2.05) is 17.5 Å². The Balaban J connectivity index is 1.66. The van der Waals surface area contributed by atoms with Crippen LogP contribution in [0.15, 0.2) is 17.5 Å². The van der Waals surface area contributed by atoms with Gasteiger partial charge in [0.15, 0.2) is 0 Å². The lowest BCUT2D eigenvalue weighted by atomic mass is 9.72. The van der Waals surface area contributed by atoms with Gasteiger partial charge in [-0.2, -0.15) is 0 Å². The maximum absolute atomic E-state index is 12.7. The van der Waals surface area contributed by atoms with Gasteiger partial charge in [-0.15, -0.1) is 11.3 Å². The van der Waals surface area contributed by atoms with E-state index in [2.05, 4.69) is 10.2 Å². The van der Waals surface area contributed by atoms with Crippen molar-refractivity contribution in [3.05, 3.63) is 22.4 Å². The van der Waals surface area contributed by atoms with Crippen LogP contribution in [0.4, 0.5) is 0 Å². The number of ether oxygens (including phenoxy) is 1. The van der Waals surface area contributed by atoms with Crippen molar-refractivity contribution >= 4 is 17.2 Å². The minimum atomic E-state index is 0.00270. The van der Waals surface area contributed by atoms with E-state index in [0.717, 1.165) is 39.1 Å². The van der Waals surface area contributed by atoms with Gasteiger partial charge in [0, 0.05) is 43.1 Å². The Hall–Kier alpha value is -0.950. The molecule has 0 unspecified atom stereocenters.